The Balaban J connectivity index is 1.21. The summed E-state index contributed by atoms with van der Waals surface area (Å²) in [6, 6.07) is 16.4. The minimum Gasteiger partial charge on any atom is -0.372 e. The number of carbonyl (C=O) groups is 1. The van der Waals surface area contributed by atoms with Crippen molar-refractivity contribution in [1.29, 1.82) is 0 Å². The van der Waals surface area contributed by atoms with Crippen LogP contribution < -0.4 is 5.32 Å². The molecule has 2 saturated heterocycles. The van der Waals surface area contributed by atoms with Gasteiger partial charge in [0.05, 0.1) is 30.6 Å². The van der Waals surface area contributed by atoms with E-state index in [9.17, 15) is 9.18 Å². The van der Waals surface area contributed by atoms with Gasteiger partial charge in [-0.2, -0.15) is 0 Å². The first-order valence-electron chi connectivity index (χ1n) is 12.1. The Labute approximate surface area is 209 Å². The van der Waals surface area contributed by atoms with Crippen LogP contribution in [0.4, 0.5) is 9.52 Å². The van der Waals surface area contributed by atoms with E-state index in [2.05, 4.69) is 27.3 Å². The highest BCUT2D eigenvalue weighted by molar-refractivity contribution is 7.16. The number of ether oxygens (including phenoxy) is 2. The van der Waals surface area contributed by atoms with Gasteiger partial charge < -0.3 is 14.8 Å². The maximum absolute atomic E-state index is 13.3. The molecule has 1 amide bonds. The summed E-state index contributed by atoms with van der Waals surface area (Å²) in [4.78, 5) is 20.6. The molecule has 2 aromatic carbocycles. The number of hydrogen-bond acceptors (Lipinski definition) is 6. The number of rotatable bonds is 7. The molecule has 0 saturated carbocycles. The van der Waals surface area contributed by atoms with E-state index >= 15 is 0 Å². The number of likely N-dealkylation sites (tertiary alicyclic amines) is 1. The molecule has 35 heavy (non-hydrogen) atoms. The van der Waals surface area contributed by atoms with E-state index in [1.54, 1.807) is 12.1 Å². The number of thiazole rings is 1. The summed E-state index contributed by atoms with van der Waals surface area (Å²) in [5, 5.41) is 3.50. The molecule has 5 rings (SSSR count). The molecule has 8 heteroatoms. The SMILES string of the molecule is Cc1sc(NC(=O)CN2CCC3(CCCO3)C(OCc3ccccc3)C2)nc1-c1ccc(F)cc1. The maximum atomic E-state index is 13.3. The van der Waals surface area contributed by atoms with Crippen molar-refractivity contribution in [3.8, 4) is 11.3 Å². The first kappa shape index (κ1) is 24.1. The van der Waals surface area contributed by atoms with Crippen LogP contribution in [-0.4, -0.2) is 53.7 Å². The van der Waals surface area contributed by atoms with Crippen LogP contribution in [0.15, 0.2) is 54.6 Å². The summed E-state index contributed by atoms with van der Waals surface area (Å²) in [5.74, 6) is -0.387. The van der Waals surface area contributed by atoms with Crippen LogP contribution in [0, 0.1) is 12.7 Å². The first-order chi connectivity index (χ1) is 17.0. The van der Waals surface area contributed by atoms with Gasteiger partial charge >= 0.3 is 0 Å². The Morgan fingerprint density at radius 2 is 2.03 bits per heavy atom. The van der Waals surface area contributed by atoms with E-state index in [0.29, 0.717) is 18.3 Å². The molecule has 184 valence electrons. The predicted octanol–water partition coefficient (Wildman–Crippen LogP) is 5.04. The normalized spacial score (nSPS) is 22.5. The third kappa shape index (κ3) is 5.62. The highest BCUT2D eigenvalue weighted by Gasteiger charge is 2.47. The lowest BCUT2D eigenvalue weighted by Gasteiger charge is -2.44. The fourth-order valence-electron chi connectivity index (χ4n) is 4.98. The van der Waals surface area contributed by atoms with E-state index in [0.717, 1.165) is 54.1 Å². The molecular weight excluding hydrogens is 465 g/mol. The summed E-state index contributed by atoms with van der Waals surface area (Å²) in [6.07, 6.45) is 2.81. The van der Waals surface area contributed by atoms with Crippen molar-refractivity contribution in [2.24, 2.45) is 0 Å². The smallest absolute Gasteiger partial charge is 0.240 e. The zero-order valence-corrected chi connectivity index (χ0v) is 20.7. The van der Waals surface area contributed by atoms with Crippen molar-refractivity contribution >= 4 is 22.4 Å². The number of benzene rings is 2. The number of halogens is 1. The summed E-state index contributed by atoms with van der Waals surface area (Å²) < 4.78 is 25.9. The lowest BCUT2D eigenvalue weighted by Crippen LogP contribution is -2.57. The molecule has 2 aliphatic rings. The standard InChI is InChI=1S/C27H30FN3O3S/c1-19-25(21-8-10-22(28)11-9-21)30-26(35-19)29-24(32)17-31-14-13-27(12-5-15-34-27)23(16-31)33-18-20-6-3-2-4-7-20/h2-4,6-11,23H,5,12-18H2,1H3,(H,29,30,32). The Morgan fingerprint density at radius 1 is 1.23 bits per heavy atom. The van der Waals surface area contributed by atoms with Crippen molar-refractivity contribution in [2.75, 3.05) is 31.6 Å². The number of amides is 1. The van der Waals surface area contributed by atoms with Gasteiger partial charge in [-0.1, -0.05) is 30.3 Å². The zero-order chi connectivity index (χ0) is 24.3. The predicted molar refractivity (Wildman–Crippen MR) is 135 cm³/mol. The fraction of sp³-hybridized carbons (Fsp3) is 0.407. The molecule has 1 N–H and O–H groups in total. The van der Waals surface area contributed by atoms with E-state index in [1.807, 2.05) is 25.1 Å². The number of nitrogens with zero attached hydrogens (tertiary/aromatic N) is 2. The van der Waals surface area contributed by atoms with Crippen LogP contribution in [0.1, 0.15) is 29.7 Å². The third-order valence-corrected chi connectivity index (χ3v) is 7.70. The Hall–Kier alpha value is -2.65. The highest BCUT2D eigenvalue weighted by atomic mass is 32.1. The van der Waals surface area contributed by atoms with Gasteiger partial charge in [0, 0.05) is 30.1 Å². The van der Waals surface area contributed by atoms with Crippen molar-refractivity contribution < 1.29 is 18.7 Å². The second kappa shape index (κ2) is 10.5. The molecule has 3 aromatic rings. The topological polar surface area (TPSA) is 63.7 Å². The number of piperidine rings is 1. The molecule has 1 aromatic heterocycles. The van der Waals surface area contributed by atoms with E-state index in [4.69, 9.17) is 9.47 Å². The fourth-order valence-corrected chi connectivity index (χ4v) is 5.83. The third-order valence-electron chi connectivity index (χ3n) is 6.82. The lowest BCUT2D eigenvalue weighted by atomic mass is 9.85. The minimum atomic E-state index is -0.285. The molecule has 1 spiro atoms. The van der Waals surface area contributed by atoms with Gasteiger partial charge in [0.2, 0.25) is 5.91 Å². The van der Waals surface area contributed by atoms with Crippen molar-refractivity contribution in [1.82, 2.24) is 9.88 Å². The summed E-state index contributed by atoms with van der Waals surface area (Å²) in [5.41, 5.74) is 2.47. The number of carbonyl (C=O) groups excluding carboxylic acids is 1. The summed E-state index contributed by atoms with van der Waals surface area (Å²) >= 11 is 1.43. The zero-order valence-electron chi connectivity index (χ0n) is 19.8. The van der Waals surface area contributed by atoms with Gasteiger partial charge in [-0.25, -0.2) is 9.37 Å². The largest absolute Gasteiger partial charge is 0.372 e. The van der Waals surface area contributed by atoms with Crippen LogP contribution in [0.3, 0.4) is 0 Å². The molecular formula is C27H30FN3O3S. The van der Waals surface area contributed by atoms with Gasteiger partial charge in [0.25, 0.3) is 0 Å². The van der Waals surface area contributed by atoms with Gasteiger partial charge in [-0.3, -0.25) is 9.69 Å². The molecule has 2 fully saturated rings. The van der Waals surface area contributed by atoms with Crippen molar-refractivity contribution in [3.63, 3.8) is 0 Å². The molecule has 3 heterocycles. The number of anilines is 1. The van der Waals surface area contributed by atoms with Crippen molar-refractivity contribution in [3.05, 3.63) is 70.9 Å². The molecule has 6 nitrogen and oxygen atoms in total. The van der Waals surface area contributed by atoms with Crippen LogP contribution in [0.2, 0.25) is 0 Å². The summed E-state index contributed by atoms with van der Waals surface area (Å²) in [7, 11) is 0. The number of aryl methyl sites for hydroxylation is 1. The molecule has 0 aliphatic carbocycles. The van der Waals surface area contributed by atoms with Gasteiger partial charge in [-0.05, 0) is 56.0 Å². The molecule has 2 aliphatic heterocycles. The molecule has 2 unspecified atom stereocenters. The van der Waals surface area contributed by atoms with Crippen LogP contribution >= 0.6 is 11.3 Å². The van der Waals surface area contributed by atoms with Gasteiger partial charge in [0.15, 0.2) is 5.13 Å². The van der Waals surface area contributed by atoms with Crippen LogP contribution in [0.5, 0.6) is 0 Å². The number of aromatic nitrogens is 1. The van der Waals surface area contributed by atoms with E-state index < -0.39 is 0 Å². The molecule has 2 atom stereocenters. The Morgan fingerprint density at radius 3 is 2.77 bits per heavy atom. The Bertz CT molecular complexity index is 1150. The highest BCUT2D eigenvalue weighted by Crippen LogP contribution is 2.38. The second-order valence-electron chi connectivity index (χ2n) is 9.27. The monoisotopic (exact) mass is 495 g/mol. The van der Waals surface area contributed by atoms with Gasteiger partial charge in [-0.15, -0.1) is 11.3 Å². The van der Waals surface area contributed by atoms with Gasteiger partial charge in [0.1, 0.15) is 5.82 Å². The van der Waals surface area contributed by atoms with E-state index in [-0.39, 0.29) is 30.0 Å². The lowest BCUT2D eigenvalue weighted by molar-refractivity contribution is -0.159. The minimum absolute atomic E-state index is 0.0843. The number of hydrogen-bond donors (Lipinski definition) is 1. The summed E-state index contributed by atoms with van der Waals surface area (Å²) in [6.45, 7) is 4.96. The Kier molecular flexibility index (Phi) is 7.24. The van der Waals surface area contributed by atoms with Crippen LogP contribution in [-0.2, 0) is 20.9 Å². The molecule has 0 radical (unpaired) electrons. The van der Waals surface area contributed by atoms with Crippen molar-refractivity contribution in [2.45, 2.75) is 44.5 Å². The average Bonchev–Trinajstić information content (AvgIpc) is 3.47. The average molecular weight is 496 g/mol. The quantitative estimate of drug-likeness (QED) is 0.498. The molecule has 0 bridgehead atoms. The van der Waals surface area contributed by atoms with Crippen LogP contribution in [0.25, 0.3) is 11.3 Å². The second-order valence-corrected chi connectivity index (χ2v) is 10.5. The first-order valence-corrected chi connectivity index (χ1v) is 12.9. The maximum Gasteiger partial charge on any atom is 0.240 e. The van der Waals surface area contributed by atoms with E-state index in [1.165, 1.54) is 23.5 Å². The number of nitrogens with one attached hydrogen (secondary N) is 1.